The van der Waals surface area contributed by atoms with Crippen molar-refractivity contribution in [3.8, 4) is 34.4 Å². The number of benzene rings is 2. The van der Waals surface area contributed by atoms with Crippen LogP contribution in [0.2, 0.25) is 0 Å². The Morgan fingerprint density at radius 3 is 2.52 bits per heavy atom. The highest BCUT2D eigenvalue weighted by Gasteiger charge is 2.25. The van der Waals surface area contributed by atoms with Crippen LogP contribution in [0.15, 0.2) is 97.5 Å². The number of imidazole rings is 1. The number of nitriles is 1. The molecule has 1 aliphatic rings. The van der Waals surface area contributed by atoms with Crippen LogP contribution in [0.3, 0.4) is 0 Å². The molecule has 5 heterocycles. The third-order valence-corrected chi connectivity index (χ3v) is 8.03. The molecule has 7 rings (SSSR count). The van der Waals surface area contributed by atoms with Gasteiger partial charge in [-0.05, 0) is 48.9 Å². The van der Waals surface area contributed by atoms with Crippen LogP contribution in [0, 0.1) is 11.3 Å². The molecule has 4 aromatic heterocycles. The van der Waals surface area contributed by atoms with Gasteiger partial charge in [0, 0.05) is 55.7 Å². The number of rotatable bonds is 6. The molecule has 216 valence electrons. The maximum Gasteiger partial charge on any atom is 0.165 e. The normalized spacial score (nSPS) is 15.4. The average molecular weight is 579 g/mol. The molecule has 0 radical (unpaired) electrons. The zero-order valence-electron chi connectivity index (χ0n) is 24.2. The van der Waals surface area contributed by atoms with E-state index in [0.717, 1.165) is 65.7 Å². The Kier molecular flexibility index (Phi) is 7.14. The smallest absolute Gasteiger partial charge is 0.165 e. The molecule has 1 fully saturated rings. The summed E-state index contributed by atoms with van der Waals surface area (Å²) in [5.41, 5.74) is 13.1. The summed E-state index contributed by atoms with van der Waals surface area (Å²) >= 11 is 0. The van der Waals surface area contributed by atoms with E-state index in [1.165, 1.54) is 11.9 Å². The Labute approximate surface area is 255 Å². The van der Waals surface area contributed by atoms with Gasteiger partial charge in [0.1, 0.15) is 35.2 Å². The van der Waals surface area contributed by atoms with Gasteiger partial charge in [-0.1, -0.05) is 42.5 Å². The first-order valence-electron chi connectivity index (χ1n) is 14.5. The molecule has 0 aliphatic carbocycles. The third kappa shape index (κ3) is 5.21. The van der Waals surface area contributed by atoms with Gasteiger partial charge in [0.05, 0.1) is 11.3 Å². The second-order valence-corrected chi connectivity index (χ2v) is 10.9. The fourth-order valence-electron chi connectivity index (χ4n) is 5.85. The summed E-state index contributed by atoms with van der Waals surface area (Å²) in [5, 5.41) is 9.23. The van der Waals surface area contributed by atoms with Gasteiger partial charge >= 0.3 is 0 Å². The van der Waals surface area contributed by atoms with Gasteiger partial charge < -0.3 is 10.6 Å². The lowest BCUT2D eigenvalue weighted by molar-refractivity contribution is 0.220. The molecule has 1 unspecified atom stereocenters. The zero-order chi connectivity index (χ0) is 30.0. The fourth-order valence-corrected chi connectivity index (χ4v) is 5.85. The first-order valence-corrected chi connectivity index (χ1v) is 14.5. The highest BCUT2D eigenvalue weighted by molar-refractivity contribution is 5.84. The predicted octanol–water partition coefficient (Wildman–Crippen LogP) is 5.10. The second kappa shape index (κ2) is 11.6. The molecule has 6 aromatic rings. The highest BCUT2D eigenvalue weighted by atomic mass is 15.3. The topological polar surface area (TPSA) is 126 Å². The number of pyridine rings is 2. The SMILES string of the molecule is CC1CN(Cc2ccc(-n3c(-c4cccnc4N)nc4ccc(-c5ccccc5)nc43)cc2)CCN1c1cc(C#N)ncn1. The van der Waals surface area contributed by atoms with Gasteiger partial charge in [-0.15, -0.1) is 0 Å². The number of nitrogens with two attached hydrogens (primary N) is 1. The van der Waals surface area contributed by atoms with E-state index in [2.05, 4.69) is 78.7 Å². The van der Waals surface area contributed by atoms with Crippen LogP contribution in [0.5, 0.6) is 0 Å². The lowest BCUT2D eigenvalue weighted by Gasteiger charge is -2.40. The lowest BCUT2D eigenvalue weighted by atomic mass is 10.1. The number of piperazine rings is 1. The van der Waals surface area contributed by atoms with Crippen LogP contribution in [-0.4, -0.2) is 60.1 Å². The molecule has 44 heavy (non-hydrogen) atoms. The minimum atomic E-state index is 0.249. The summed E-state index contributed by atoms with van der Waals surface area (Å²) in [6, 6.07) is 30.6. The number of anilines is 2. The Bertz CT molecular complexity index is 1980. The number of nitrogens with zero attached hydrogens (tertiary/aromatic N) is 9. The summed E-state index contributed by atoms with van der Waals surface area (Å²) in [6.07, 6.45) is 3.15. The number of hydrogen-bond donors (Lipinski definition) is 1. The van der Waals surface area contributed by atoms with Crippen molar-refractivity contribution in [3.63, 3.8) is 0 Å². The van der Waals surface area contributed by atoms with Crippen LogP contribution in [0.1, 0.15) is 18.2 Å². The molecule has 1 atom stereocenters. The minimum Gasteiger partial charge on any atom is -0.383 e. The van der Waals surface area contributed by atoms with Crippen molar-refractivity contribution in [2.75, 3.05) is 30.3 Å². The van der Waals surface area contributed by atoms with E-state index in [-0.39, 0.29) is 6.04 Å². The average Bonchev–Trinajstić information content (AvgIpc) is 3.44. The van der Waals surface area contributed by atoms with Crippen molar-refractivity contribution < 1.29 is 0 Å². The third-order valence-electron chi connectivity index (χ3n) is 8.03. The van der Waals surface area contributed by atoms with Crippen molar-refractivity contribution >= 4 is 22.8 Å². The van der Waals surface area contributed by atoms with Crippen LogP contribution in [0.4, 0.5) is 11.6 Å². The summed E-state index contributed by atoms with van der Waals surface area (Å²) < 4.78 is 2.07. The Balaban J connectivity index is 1.18. The van der Waals surface area contributed by atoms with E-state index >= 15 is 0 Å². The Morgan fingerprint density at radius 1 is 0.909 bits per heavy atom. The maximum absolute atomic E-state index is 9.23. The number of nitrogen functional groups attached to an aromatic ring is 1. The second-order valence-electron chi connectivity index (χ2n) is 10.9. The molecule has 10 heteroatoms. The van der Waals surface area contributed by atoms with Gasteiger partial charge in [0.25, 0.3) is 0 Å². The van der Waals surface area contributed by atoms with E-state index in [9.17, 15) is 5.26 Å². The molecule has 1 aliphatic heterocycles. The molecular formula is C34H30N10. The van der Waals surface area contributed by atoms with Gasteiger partial charge in [-0.2, -0.15) is 5.26 Å². The standard InChI is InChI=1S/C34H30N10/c1-23-20-42(16-17-43(23)31-18-26(19-35)38-22-39-31)21-24-9-11-27(12-10-24)44-33(28-8-5-15-37-32(28)36)41-30-14-13-29(40-34(30)44)25-6-3-2-4-7-25/h2-15,18,22-23H,16-17,20-21H2,1H3,(H2,36,37). The van der Waals surface area contributed by atoms with Crippen LogP contribution < -0.4 is 10.6 Å². The molecule has 0 spiro atoms. The molecule has 10 nitrogen and oxygen atoms in total. The number of aromatic nitrogens is 6. The van der Waals surface area contributed by atoms with Crippen molar-refractivity contribution in [2.45, 2.75) is 19.5 Å². The molecule has 1 saturated heterocycles. The summed E-state index contributed by atoms with van der Waals surface area (Å²) in [7, 11) is 0. The van der Waals surface area contributed by atoms with E-state index in [1.807, 2.05) is 42.5 Å². The van der Waals surface area contributed by atoms with E-state index in [4.69, 9.17) is 15.7 Å². The summed E-state index contributed by atoms with van der Waals surface area (Å²) in [4.78, 5) is 27.5. The minimum absolute atomic E-state index is 0.249. The van der Waals surface area contributed by atoms with Crippen molar-refractivity contribution in [1.29, 1.82) is 5.26 Å². The van der Waals surface area contributed by atoms with Gasteiger partial charge in [-0.3, -0.25) is 9.47 Å². The molecule has 0 amide bonds. The lowest BCUT2D eigenvalue weighted by Crippen LogP contribution is -2.51. The number of fused-ring (bicyclic) bond motifs is 1. The Hall–Kier alpha value is -5.66. The van der Waals surface area contributed by atoms with E-state index < -0.39 is 0 Å². The van der Waals surface area contributed by atoms with Gasteiger partial charge in [0.15, 0.2) is 11.5 Å². The number of hydrogen-bond acceptors (Lipinski definition) is 9. The first-order chi connectivity index (χ1) is 21.6. The van der Waals surface area contributed by atoms with Crippen molar-refractivity contribution in [1.82, 2.24) is 34.4 Å². The fraction of sp³-hybridized carbons (Fsp3) is 0.176. The molecule has 2 N–H and O–H groups in total. The molecule has 0 bridgehead atoms. The van der Waals surface area contributed by atoms with Crippen molar-refractivity contribution in [3.05, 3.63) is 109 Å². The quantitative estimate of drug-likeness (QED) is 0.287. The van der Waals surface area contributed by atoms with E-state index in [0.29, 0.717) is 17.3 Å². The van der Waals surface area contributed by atoms with E-state index in [1.54, 1.807) is 12.3 Å². The van der Waals surface area contributed by atoms with Crippen LogP contribution >= 0.6 is 0 Å². The van der Waals surface area contributed by atoms with Crippen molar-refractivity contribution in [2.24, 2.45) is 0 Å². The monoisotopic (exact) mass is 578 g/mol. The maximum atomic E-state index is 9.23. The highest BCUT2D eigenvalue weighted by Crippen LogP contribution is 2.32. The molecule has 0 saturated carbocycles. The first kappa shape index (κ1) is 27.2. The molecular weight excluding hydrogens is 548 g/mol. The Morgan fingerprint density at radius 2 is 1.75 bits per heavy atom. The zero-order valence-corrected chi connectivity index (χ0v) is 24.2. The summed E-state index contributed by atoms with van der Waals surface area (Å²) in [5.74, 6) is 1.92. The van der Waals surface area contributed by atoms with Gasteiger partial charge in [-0.25, -0.2) is 24.9 Å². The van der Waals surface area contributed by atoms with Crippen LogP contribution in [-0.2, 0) is 6.54 Å². The van der Waals surface area contributed by atoms with Crippen LogP contribution in [0.25, 0.3) is 39.5 Å². The summed E-state index contributed by atoms with van der Waals surface area (Å²) in [6.45, 7) is 5.62. The predicted molar refractivity (Wildman–Crippen MR) is 171 cm³/mol. The molecule has 2 aromatic carbocycles. The van der Waals surface area contributed by atoms with Gasteiger partial charge in [0.2, 0.25) is 0 Å². The largest absolute Gasteiger partial charge is 0.383 e.